The first-order valence-corrected chi connectivity index (χ1v) is 9.60. The van der Waals surface area contributed by atoms with Gasteiger partial charge in [-0.05, 0) is 11.1 Å². The molecule has 2 saturated heterocycles. The molecule has 0 N–H and O–H groups in total. The highest BCUT2D eigenvalue weighted by molar-refractivity contribution is 5.83. The van der Waals surface area contributed by atoms with Gasteiger partial charge in [0.25, 0.3) is 0 Å². The van der Waals surface area contributed by atoms with E-state index in [1.807, 2.05) is 24.3 Å². The Hall–Kier alpha value is -3.20. The maximum atomic E-state index is 12.3. The molecule has 1 aromatic rings. The van der Waals surface area contributed by atoms with E-state index in [4.69, 9.17) is 18.9 Å². The van der Waals surface area contributed by atoms with Crippen LogP contribution in [0.25, 0.3) is 6.08 Å². The number of nitrogens with zero attached hydrogens (tertiary/aromatic N) is 1. The third kappa shape index (κ3) is 5.90. The SMILES string of the molecule is C=Cc1ccc(CN(CC(=O)OC2CCOC2=O)CC(=O)OC2CCOC2=O)cc1. The van der Waals surface area contributed by atoms with Gasteiger partial charge >= 0.3 is 23.9 Å². The number of hydrogen-bond donors (Lipinski definition) is 0. The number of carbonyl (C=O) groups is 4. The standard InChI is InChI=1S/C21H23NO8/c1-2-14-3-5-15(6-4-14)11-22(12-18(23)29-16-7-9-27-20(16)25)13-19(24)30-17-8-10-28-21(17)26/h2-6,16-17H,1,7-13H2. The Balaban J connectivity index is 1.62. The smallest absolute Gasteiger partial charge is 0.347 e. The van der Waals surface area contributed by atoms with Crippen molar-refractivity contribution in [2.24, 2.45) is 0 Å². The zero-order valence-corrected chi connectivity index (χ0v) is 16.4. The number of hydrogen-bond acceptors (Lipinski definition) is 9. The summed E-state index contributed by atoms with van der Waals surface area (Å²) in [6.45, 7) is 3.90. The van der Waals surface area contributed by atoms with E-state index in [2.05, 4.69) is 6.58 Å². The second-order valence-electron chi connectivity index (χ2n) is 6.96. The minimum atomic E-state index is -0.925. The molecule has 2 unspecified atom stereocenters. The summed E-state index contributed by atoms with van der Waals surface area (Å²) in [7, 11) is 0. The minimum Gasteiger partial charge on any atom is -0.463 e. The summed E-state index contributed by atoms with van der Waals surface area (Å²) in [5.74, 6) is -2.47. The Morgan fingerprint density at radius 2 is 1.47 bits per heavy atom. The molecule has 0 saturated carbocycles. The number of carbonyl (C=O) groups excluding carboxylic acids is 4. The Labute approximate surface area is 173 Å². The molecule has 9 heteroatoms. The lowest BCUT2D eigenvalue weighted by molar-refractivity contribution is -0.164. The van der Waals surface area contributed by atoms with E-state index in [0.717, 1.165) is 11.1 Å². The van der Waals surface area contributed by atoms with Crippen molar-refractivity contribution in [3.05, 3.63) is 42.0 Å². The highest BCUT2D eigenvalue weighted by Crippen LogP contribution is 2.14. The number of cyclic esters (lactones) is 2. The highest BCUT2D eigenvalue weighted by atomic mass is 16.6. The van der Waals surface area contributed by atoms with E-state index in [-0.39, 0.29) is 32.8 Å². The average molecular weight is 417 g/mol. The molecule has 2 atom stereocenters. The van der Waals surface area contributed by atoms with E-state index >= 15 is 0 Å². The monoisotopic (exact) mass is 417 g/mol. The van der Waals surface area contributed by atoms with Gasteiger partial charge in [0.1, 0.15) is 0 Å². The van der Waals surface area contributed by atoms with E-state index in [0.29, 0.717) is 12.8 Å². The van der Waals surface area contributed by atoms with Crippen molar-refractivity contribution < 1.29 is 38.1 Å². The van der Waals surface area contributed by atoms with Crippen LogP contribution in [-0.2, 0) is 44.7 Å². The van der Waals surface area contributed by atoms with Crippen molar-refractivity contribution in [2.45, 2.75) is 31.6 Å². The Morgan fingerprint density at radius 3 is 1.87 bits per heavy atom. The van der Waals surface area contributed by atoms with Gasteiger partial charge in [0.2, 0.25) is 12.2 Å². The minimum absolute atomic E-state index is 0.208. The molecule has 0 radical (unpaired) electrons. The van der Waals surface area contributed by atoms with E-state index in [1.54, 1.807) is 6.08 Å². The van der Waals surface area contributed by atoms with Gasteiger partial charge in [0.05, 0.1) is 26.3 Å². The Morgan fingerprint density at radius 1 is 0.967 bits per heavy atom. The lowest BCUT2D eigenvalue weighted by Gasteiger charge is -2.22. The topological polar surface area (TPSA) is 108 Å². The quantitative estimate of drug-likeness (QED) is 0.427. The fraction of sp³-hybridized carbons (Fsp3) is 0.429. The summed E-state index contributed by atoms with van der Waals surface area (Å²) in [6, 6.07) is 7.42. The second kappa shape index (κ2) is 10.0. The molecule has 0 bridgehead atoms. The van der Waals surface area contributed by atoms with Crippen molar-refractivity contribution in [2.75, 3.05) is 26.3 Å². The summed E-state index contributed by atoms with van der Waals surface area (Å²) in [5, 5.41) is 0. The van der Waals surface area contributed by atoms with Crippen LogP contribution >= 0.6 is 0 Å². The van der Waals surface area contributed by atoms with Gasteiger partial charge in [-0.25, -0.2) is 9.59 Å². The number of rotatable bonds is 9. The average Bonchev–Trinajstić information content (AvgIpc) is 3.30. The molecule has 0 aliphatic carbocycles. The van der Waals surface area contributed by atoms with Gasteiger partial charge in [-0.2, -0.15) is 0 Å². The molecule has 0 spiro atoms. The van der Waals surface area contributed by atoms with Gasteiger partial charge in [0, 0.05) is 19.4 Å². The fourth-order valence-corrected chi connectivity index (χ4v) is 3.11. The van der Waals surface area contributed by atoms with Gasteiger partial charge in [-0.1, -0.05) is 36.9 Å². The number of ether oxygens (including phenoxy) is 4. The largest absolute Gasteiger partial charge is 0.463 e. The molecule has 9 nitrogen and oxygen atoms in total. The summed E-state index contributed by atoms with van der Waals surface area (Å²) in [6.07, 6.45) is 0.467. The van der Waals surface area contributed by atoms with Crippen LogP contribution < -0.4 is 0 Å². The molecule has 1 aromatic carbocycles. The summed E-state index contributed by atoms with van der Waals surface area (Å²) in [5.41, 5.74) is 1.78. The first-order chi connectivity index (χ1) is 14.4. The van der Waals surface area contributed by atoms with Crippen LogP contribution in [0.15, 0.2) is 30.8 Å². The summed E-state index contributed by atoms with van der Waals surface area (Å²) >= 11 is 0. The first-order valence-electron chi connectivity index (χ1n) is 9.60. The van der Waals surface area contributed by atoms with Crippen molar-refractivity contribution in [1.29, 1.82) is 0 Å². The molecule has 2 fully saturated rings. The van der Waals surface area contributed by atoms with Crippen LogP contribution in [0, 0.1) is 0 Å². The van der Waals surface area contributed by atoms with Crippen LogP contribution in [0.5, 0.6) is 0 Å². The molecule has 2 heterocycles. The second-order valence-corrected chi connectivity index (χ2v) is 6.96. The number of benzene rings is 1. The Bertz CT molecular complexity index is 777. The van der Waals surface area contributed by atoms with Crippen LogP contribution in [0.4, 0.5) is 0 Å². The molecular weight excluding hydrogens is 394 g/mol. The van der Waals surface area contributed by atoms with Crippen LogP contribution in [0.3, 0.4) is 0 Å². The molecule has 0 amide bonds. The third-order valence-electron chi connectivity index (χ3n) is 4.65. The van der Waals surface area contributed by atoms with Gasteiger partial charge in [-0.15, -0.1) is 0 Å². The van der Waals surface area contributed by atoms with E-state index < -0.39 is 36.1 Å². The summed E-state index contributed by atoms with van der Waals surface area (Å²) < 4.78 is 19.9. The van der Waals surface area contributed by atoms with Crippen molar-refractivity contribution in [3.63, 3.8) is 0 Å². The predicted octanol–water partition coefficient (Wildman–Crippen LogP) is 0.849. The maximum Gasteiger partial charge on any atom is 0.347 e. The summed E-state index contributed by atoms with van der Waals surface area (Å²) in [4.78, 5) is 49.2. The molecule has 160 valence electrons. The highest BCUT2D eigenvalue weighted by Gasteiger charge is 2.32. The molecule has 30 heavy (non-hydrogen) atoms. The first kappa shape index (κ1) is 21.5. The number of esters is 4. The molecule has 2 aliphatic rings. The van der Waals surface area contributed by atoms with Crippen LogP contribution in [0.2, 0.25) is 0 Å². The van der Waals surface area contributed by atoms with Gasteiger partial charge in [0.15, 0.2) is 0 Å². The predicted molar refractivity (Wildman–Crippen MR) is 103 cm³/mol. The van der Waals surface area contributed by atoms with E-state index in [1.165, 1.54) is 4.90 Å². The molecule has 2 aliphatic heterocycles. The normalized spacial score (nSPS) is 20.6. The van der Waals surface area contributed by atoms with Gasteiger partial charge in [-0.3, -0.25) is 14.5 Å². The van der Waals surface area contributed by atoms with E-state index in [9.17, 15) is 19.2 Å². The molecule has 0 aromatic heterocycles. The molecular formula is C21H23NO8. The zero-order valence-electron chi connectivity index (χ0n) is 16.4. The lowest BCUT2D eigenvalue weighted by Crippen LogP contribution is -2.38. The third-order valence-corrected chi connectivity index (χ3v) is 4.65. The van der Waals surface area contributed by atoms with Gasteiger partial charge < -0.3 is 18.9 Å². The fourth-order valence-electron chi connectivity index (χ4n) is 3.11. The molecule has 3 rings (SSSR count). The Kier molecular flexibility index (Phi) is 7.18. The zero-order chi connectivity index (χ0) is 21.5. The van der Waals surface area contributed by atoms with Crippen LogP contribution in [0.1, 0.15) is 24.0 Å². The van der Waals surface area contributed by atoms with Crippen molar-refractivity contribution >= 4 is 30.0 Å². The van der Waals surface area contributed by atoms with Crippen LogP contribution in [-0.4, -0.2) is 67.3 Å². The lowest BCUT2D eigenvalue weighted by atomic mass is 10.1. The van der Waals surface area contributed by atoms with Crippen molar-refractivity contribution in [1.82, 2.24) is 4.90 Å². The van der Waals surface area contributed by atoms with Crippen molar-refractivity contribution in [3.8, 4) is 0 Å². The maximum absolute atomic E-state index is 12.3.